The Hall–Kier alpha value is -1.35. The van der Waals surface area contributed by atoms with Gasteiger partial charge in [-0.3, -0.25) is 0 Å². The number of aromatic nitrogens is 1. The lowest BCUT2D eigenvalue weighted by atomic mass is 9.98. The lowest BCUT2D eigenvalue weighted by molar-refractivity contribution is 0.385. The van der Waals surface area contributed by atoms with Crippen molar-refractivity contribution in [1.82, 2.24) is 10.3 Å². The molecule has 0 unspecified atom stereocenters. The lowest BCUT2D eigenvalue weighted by Gasteiger charge is -2.27. The number of aromatic amines is 1. The minimum atomic E-state index is -0.169. The molecule has 0 spiro atoms. The summed E-state index contributed by atoms with van der Waals surface area (Å²) >= 11 is 0. The van der Waals surface area contributed by atoms with Gasteiger partial charge in [0.2, 0.25) is 0 Å². The molecule has 2 N–H and O–H groups in total. The molecule has 0 radical (unpaired) electrons. The predicted molar refractivity (Wildman–Crippen MR) is 53.6 cm³/mol. The van der Waals surface area contributed by atoms with Crippen LogP contribution in [0.1, 0.15) is 18.0 Å². The SMILES string of the molecule is Fc1ccc2[nH]cc([C@H]3CCN3)c2c1. The highest BCUT2D eigenvalue weighted by molar-refractivity contribution is 5.83. The van der Waals surface area contributed by atoms with E-state index in [-0.39, 0.29) is 5.82 Å². The molecule has 1 aliphatic heterocycles. The van der Waals surface area contributed by atoms with Crippen molar-refractivity contribution in [3.05, 3.63) is 35.8 Å². The zero-order valence-corrected chi connectivity index (χ0v) is 7.68. The fourth-order valence-corrected chi connectivity index (χ4v) is 1.96. The molecule has 1 aromatic carbocycles. The van der Waals surface area contributed by atoms with Gasteiger partial charge in [0.1, 0.15) is 5.82 Å². The fraction of sp³-hybridized carbons (Fsp3) is 0.273. The standard InChI is InChI=1S/C11H11FN2/c12-7-1-2-10-8(5-7)9(6-14-10)11-3-4-13-11/h1-2,5-6,11,13-14H,3-4H2/t11-/m1/s1. The molecule has 3 heteroatoms. The van der Waals surface area contributed by atoms with Gasteiger partial charge in [0.25, 0.3) is 0 Å². The summed E-state index contributed by atoms with van der Waals surface area (Å²) in [4.78, 5) is 3.16. The van der Waals surface area contributed by atoms with Gasteiger partial charge in [0, 0.05) is 23.1 Å². The molecule has 2 nitrogen and oxygen atoms in total. The highest BCUT2D eigenvalue weighted by Gasteiger charge is 2.21. The van der Waals surface area contributed by atoms with Crippen LogP contribution in [0.15, 0.2) is 24.4 Å². The van der Waals surface area contributed by atoms with E-state index in [1.807, 2.05) is 6.20 Å². The van der Waals surface area contributed by atoms with Gasteiger partial charge in [-0.05, 0) is 36.7 Å². The normalized spacial score (nSPS) is 21.1. The molecule has 14 heavy (non-hydrogen) atoms. The lowest BCUT2D eigenvalue weighted by Crippen LogP contribution is -2.34. The molecule has 1 aliphatic rings. The third kappa shape index (κ3) is 1.06. The second-order valence-corrected chi connectivity index (χ2v) is 3.73. The molecule has 0 saturated carbocycles. The van der Waals surface area contributed by atoms with Crippen molar-refractivity contribution in [1.29, 1.82) is 0 Å². The Morgan fingerprint density at radius 1 is 1.36 bits per heavy atom. The van der Waals surface area contributed by atoms with E-state index in [4.69, 9.17) is 0 Å². The van der Waals surface area contributed by atoms with E-state index in [1.54, 1.807) is 12.1 Å². The Morgan fingerprint density at radius 3 is 2.93 bits per heavy atom. The highest BCUT2D eigenvalue weighted by Crippen LogP contribution is 2.29. The van der Waals surface area contributed by atoms with Crippen molar-refractivity contribution < 1.29 is 4.39 Å². The van der Waals surface area contributed by atoms with Gasteiger partial charge in [-0.2, -0.15) is 0 Å². The van der Waals surface area contributed by atoms with Crippen LogP contribution in [0, 0.1) is 5.82 Å². The quantitative estimate of drug-likeness (QED) is 0.709. The van der Waals surface area contributed by atoms with Crippen molar-refractivity contribution in [2.24, 2.45) is 0 Å². The maximum Gasteiger partial charge on any atom is 0.123 e. The highest BCUT2D eigenvalue weighted by atomic mass is 19.1. The second-order valence-electron chi connectivity index (χ2n) is 3.73. The zero-order chi connectivity index (χ0) is 9.54. The van der Waals surface area contributed by atoms with Gasteiger partial charge in [-0.1, -0.05) is 0 Å². The number of H-pyrrole nitrogens is 1. The number of benzene rings is 1. The Kier molecular flexibility index (Phi) is 1.61. The topological polar surface area (TPSA) is 27.8 Å². The molecule has 0 amide bonds. The monoisotopic (exact) mass is 190 g/mol. The molecule has 0 bridgehead atoms. The van der Waals surface area contributed by atoms with Crippen LogP contribution in [0.2, 0.25) is 0 Å². The van der Waals surface area contributed by atoms with E-state index in [0.717, 1.165) is 23.9 Å². The van der Waals surface area contributed by atoms with Gasteiger partial charge in [-0.25, -0.2) is 4.39 Å². The molecular formula is C11H11FN2. The number of hydrogen-bond donors (Lipinski definition) is 2. The third-order valence-corrected chi connectivity index (χ3v) is 2.87. The van der Waals surface area contributed by atoms with Gasteiger partial charge < -0.3 is 10.3 Å². The Bertz CT molecular complexity index is 471. The van der Waals surface area contributed by atoms with Crippen molar-refractivity contribution in [2.45, 2.75) is 12.5 Å². The van der Waals surface area contributed by atoms with Crippen LogP contribution in [-0.2, 0) is 0 Å². The minimum absolute atomic E-state index is 0.169. The number of nitrogens with one attached hydrogen (secondary N) is 2. The van der Waals surface area contributed by atoms with Gasteiger partial charge >= 0.3 is 0 Å². The van der Waals surface area contributed by atoms with Crippen molar-refractivity contribution in [3.8, 4) is 0 Å². The van der Waals surface area contributed by atoms with Crippen LogP contribution in [0.4, 0.5) is 4.39 Å². The van der Waals surface area contributed by atoms with Crippen molar-refractivity contribution in [3.63, 3.8) is 0 Å². The maximum absolute atomic E-state index is 13.0. The van der Waals surface area contributed by atoms with Crippen LogP contribution in [-0.4, -0.2) is 11.5 Å². The van der Waals surface area contributed by atoms with Crippen molar-refractivity contribution in [2.75, 3.05) is 6.54 Å². The first-order chi connectivity index (χ1) is 6.84. The maximum atomic E-state index is 13.0. The van der Waals surface area contributed by atoms with E-state index in [0.29, 0.717) is 6.04 Å². The average Bonchev–Trinajstić information content (AvgIpc) is 2.46. The Labute approximate surface area is 81.1 Å². The van der Waals surface area contributed by atoms with Gasteiger partial charge in [0.05, 0.1) is 0 Å². The molecule has 1 saturated heterocycles. The molecule has 0 aliphatic carbocycles. The third-order valence-electron chi connectivity index (χ3n) is 2.87. The molecule has 72 valence electrons. The second kappa shape index (κ2) is 2.82. The number of halogens is 1. The van der Waals surface area contributed by atoms with E-state index in [1.165, 1.54) is 11.6 Å². The largest absolute Gasteiger partial charge is 0.361 e. The fourth-order valence-electron chi connectivity index (χ4n) is 1.96. The van der Waals surface area contributed by atoms with E-state index >= 15 is 0 Å². The first kappa shape index (κ1) is 8.00. The summed E-state index contributed by atoms with van der Waals surface area (Å²) in [6.07, 6.45) is 3.12. The van der Waals surface area contributed by atoms with Crippen LogP contribution >= 0.6 is 0 Å². The Morgan fingerprint density at radius 2 is 2.21 bits per heavy atom. The molecular weight excluding hydrogens is 179 g/mol. The first-order valence-electron chi connectivity index (χ1n) is 4.84. The van der Waals surface area contributed by atoms with Crippen LogP contribution in [0.25, 0.3) is 10.9 Å². The molecule has 3 rings (SSSR count). The molecule has 2 heterocycles. The van der Waals surface area contributed by atoms with Crippen LogP contribution < -0.4 is 5.32 Å². The summed E-state index contributed by atoms with van der Waals surface area (Å²) in [6, 6.07) is 5.27. The van der Waals surface area contributed by atoms with E-state index in [2.05, 4.69) is 10.3 Å². The summed E-state index contributed by atoms with van der Waals surface area (Å²) < 4.78 is 13.0. The number of hydrogen-bond acceptors (Lipinski definition) is 1. The van der Waals surface area contributed by atoms with E-state index < -0.39 is 0 Å². The number of fused-ring (bicyclic) bond motifs is 1. The summed E-state index contributed by atoms with van der Waals surface area (Å²) in [5, 5.41) is 4.32. The van der Waals surface area contributed by atoms with Gasteiger partial charge in [-0.15, -0.1) is 0 Å². The summed E-state index contributed by atoms with van der Waals surface area (Å²) in [6.45, 7) is 1.06. The molecule has 2 aromatic rings. The smallest absolute Gasteiger partial charge is 0.123 e. The molecule has 1 aromatic heterocycles. The van der Waals surface area contributed by atoms with Gasteiger partial charge in [0.15, 0.2) is 0 Å². The average molecular weight is 190 g/mol. The molecule has 1 atom stereocenters. The zero-order valence-electron chi connectivity index (χ0n) is 7.68. The van der Waals surface area contributed by atoms with Crippen molar-refractivity contribution >= 4 is 10.9 Å². The molecule has 1 fully saturated rings. The minimum Gasteiger partial charge on any atom is -0.361 e. The van der Waals surface area contributed by atoms with E-state index in [9.17, 15) is 4.39 Å². The summed E-state index contributed by atoms with van der Waals surface area (Å²) in [5.41, 5.74) is 2.20. The first-order valence-corrected chi connectivity index (χ1v) is 4.84. The van der Waals surface area contributed by atoms with Crippen LogP contribution in [0.5, 0.6) is 0 Å². The summed E-state index contributed by atoms with van der Waals surface area (Å²) in [5.74, 6) is -0.169. The Balaban J connectivity index is 2.18. The summed E-state index contributed by atoms with van der Waals surface area (Å²) in [7, 11) is 0. The van der Waals surface area contributed by atoms with Crippen LogP contribution in [0.3, 0.4) is 0 Å². The number of rotatable bonds is 1. The predicted octanol–water partition coefficient (Wildman–Crippen LogP) is 2.34.